The maximum absolute atomic E-state index is 12.7. The van der Waals surface area contributed by atoms with Crippen molar-refractivity contribution in [3.8, 4) is 0 Å². The Morgan fingerprint density at radius 2 is 1.95 bits per heavy atom. The molecular formula is C15H7BrCl2N2O2. The number of benzene rings is 1. The molecule has 7 heteroatoms. The predicted molar refractivity (Wildman–Crippen MR) is 89.0 cm³/mol. The van der Waals surface area contributed by atoms with Gasteiger partial charge in [0.1, 0.15) is 5.65 Å². The van der Waals surface area contributed by atoms with E-state index in [4.69, 9.17) is 23.2 Å². The molecule has 0 aliphatic rings. The Morgan fingerprint density at radius 3 is 2.59 bits per heavy atom. The van der Waals surface area contributed by atoms with Crippen LogP contribution in [0.15, 0.2) is 41.1 Å². The second kappa shape index (κ2) is 5.83. The molecule has 0 saturated heterocycles. The van der Waals surface area contributed by atoms with Crippen LogP contribution in [-0.4, -0.2) is 21.7 Å². The van der Waals surface area contributed by atoms with Crippen LogP contribution in [-0.2, 0) is 0 Å². The highest BCUT2D eigenvalue weighted by molar-refractivity contribution is 9.10. The number of hydrogen-bond acceptors (Lipinski definition) is 3. The molecule has 0 saturated carbocycles. The van der Waals surface area contributed by atoms with Gasteiger partial charge in [-0.05, 0) is 34.1 Å². The van der Waals surface area contributed by atoms with Crippen LogP contribution < -0.4 is 0 Å². The van der Waals surface area contributed by atoms with Gasteiger partial charge in [-0.25, -0.2) is 4.98 Å². The van der Waals surface area contributed by atoms with E-state index in [2.05, 4.69) is 20.9 Å². The number of pyridine rings is 1. The van der Waals surface area contributed by atoms with E-state index in [-0.39, 0.29) is 15.6 Å². The summed E-state index contributed by atoms with van der Waals surface area (Å²) >= 11 is 15.4. The van der Waals surface area contributed by atoms with E-state index in [9.17, 15) is 9.59 Å². The second-order valence-corrected chi connectivity index (χ2v) is 6.23. The van der Waals surface area contributed by atoms with E-state index in [1.54, 1.807) is 30.5 Å². The molecular weight excluding hydrogens is 391 g/mol. The fourth-order valence-corrected chi connectivity index (χ4v) is 3.07. The smallest absolute Gasteiger partial charge is 0.266 e. The van der Waals surface area contributed by atoms with Crippen molar-refractivity contribution in [1.29, 1.82) is 0 Å². The van der Waals surface area contributed by atoms with Crippen molar-refractivity contribution in [2.24, 2.45) is 0 Å². The molecule has 3 rings (SSSR count). The van der Waals surface area contributed by atoms with Gasteiger partial charge in [0.15, 0.2) is 6.29 Å². The van der Waals surface area contributed by atoms with E-state index in [1.807, 2.05) is 0 Å². The second-order valence-electron chi connectivity index (χ2n) is 4.50. The molecule has 0 radical (unpaired) electrons. The number of rotatable bonds is 2. The molecule has 4 nitrogen and oxygen atoms in total. The summed E-state index contributed by atoms with van der Waals surface area (Å²) in [5.41, 5.74) is 0.900. The summed E-state index contributed by atoms with van der Waals surface area (Å²) in [5, 5.41) is 1.05. The Hall–Kier alpha value is -1.69. The molecule has 0 fully saturated rings. The van der Waals surface area contributed by atoms with Crippen LogP contribution in [0.2, 0.25) is 10.0 Å². The fraction of sp³-hybridized carbons (Fsp3) is 0. The van der Waals surface area contributed by atoms with Gasteiger partial charge >= 0.3 is 0 Å². The van der Waals surface area contributed by atoms with Gasteiger partial charge in [0.2, 0.25) is 0 Å². The Morgan fingerprint density at radius 1 is 1.27 bits per heavy atom. The van der Waals surface area contributed by atoms with Crippen molar-refractivity contribution in [2.75, 3.05) is 0 Å². The fourth-order valence-electron chi connectivity index (χ4n) is 2.18. The van der Waals surface area contributed by atoms with Gasteiger partial charge in [-0.2, -0.15) is 0 Å². The summed E-state index contributed by atoms with van der Waals surface area (Å²) in [4.78, 5) is 28.2. The number of carbonyl (C=O) groups is 2. The number of fused-ring (bicyclic) bond motifs is 1. The first-order valence-electron chi connectivity index (χ1n) is 6.13. The lowest BCUT2D eigenvalue weighted by atomic mass is 10.2. The number of aldehydes is 1. The van der Waals surface area contributed by atoms with E-state index in [0.717, 1.165) is 0 Å². The van der Waals surface area contributed by atoms with Crippen molar-refractivity contribution in [3.05, 3.63) is 62.3 Å². The molecule has 3 aromatic rings. The normalized spacial score (nSPS) is 10.9. The summed E-state index contributed by atoms with van der Waals surface area (Å²) in [7, 11) is 0. The maximum atomic E-state index is 12.7. The lowest BCUT2D eigenvalue weighted by molar-refractivity contribution is 0.0964. The van der Waals surface area contributed by atoms with Crippen molar-refractivity contribution >= 4 is 62.4 Å². The zero-order valence-corrected chi connectivity index (χ0v) is 14.0. The standard InChI is InChI=1S/C15H7BrCl2N2O2/c16-9-4-10-8(7-21)6-20(14(10)19-5-9)15(22)13-11(17)2-1-3-12(13)18/h1-7H. The average molecular weight is 398 g/mol. The van der Waals surface area contributed by atoms with Gasteiger partial charge in [-0.15, -0.1) is 0 Å². The minimum atomic E-state index is -0.441. The van der Waals surface area contributed by atoms with Gasteiger partial charge in [0.05, 0.1) is 15.6 Å². The van der Waals surface area contributed by atoms with Gasteiger partial charge in [0, 0.05) is 27.8 Å². The van der Waals surface area contributed by atoms with Crippen LogP contribution in [0.3, 0.4) is 0 Å². The Balaban J connectivity index is 2.26. The third-order valence-electron chi connectivity index (χ3n) is 3.16. The lowest BCUT2D eigenvalue weighted by Gasteiger charge is -2.07. The highest BCUT2D eigenvalue weighted by atomic mass is 79.9. The summed E-state index contributed by atoms with van der Waals surface area (Å²) in [6.07, 6.45) is 3.66. The largest absolute Gasteiger partial charge is 0.298 e. The zero-order valence-electron chi connectivity index (χ0n) is 10.9. The highest BCUT2D eigenvalue weighted by Crippen LogP contribution is 2.28. The number of aromatic nitrogens is 2. The molecule has 0 spiro atoms. The molecule has 110 valence electrons. The average Bonchev–Trinajstić information content (AvgIpc) is 2.84. The van der Waals surface area contributed by atoms with Crippen molar-refractivity contribution < 1.29 is 9.59 Å². The van der Waals surface area contributed by atoms with Crippen LogP contribution in [0, 0.1) is 0 Å². The van der Waals surface area contributed by atoms with Gasteiger partial charge in [0.25, 0.3) is 5.91 Å². The monoisotopic (exact) mass is 396 g/mol. The molecule has 0 amide bonds. The van der Waals surface area contributed by atoms with E-state index in [1.165, 1.54) is 10.8 Å². The van der Waals surface area contributed by atoms with Crippen LogP contribution >= 0.6 is 39.1 Å². The molecule has 0 N–H and O–H groups in total. The Kier molecular flexibility index (Phi) is 4.04. The zero-order chi connectivity index (χ0) is 15.9. The molecule has 2 heterocycles. The first-order valence-corrected chi connectivity index (χ1v) is 7.68. The summed E-state index contributed by atoms with van der Waals surface area (Å²) in [6, 6.07) is 6.54. The number of carbonyl (C=O) groups excluding carboxylic acids is 2. The molecule has 22 heavy (non-hydrogen) atoms. The first-order chi connectivity index (χ1) is 10.5. The van der Waals surface area contributed by atoms with Crippen LogP contribution in [0.25, 0.3) is 11.0 Å². The predicted octanol–water partition coefficient (Wildman–Crippen LogP) is 4.61. The number of nitrogens with zero attached hydrogens (tertiary/aromatic N) is 2. The molecule has 0 bridgehead atoms. The summed E-state index contributed by atoms with van der Waals surface area (Å²) in [6.45, 7) is 0. The van der Waals surface area contributed by atoms with Crippen molar-refractivity contribution in [1.82, 2.24) is 9.55 Å². The number of halogens is 3. The Bertz CT molecular complexity index is 901. The molecule has 0 atom stereocenters. The van der Waals surface area contributed by atoms with Crippen LogP contribution in [0.1, 0.15) is 20.7 Å². The minimum absolute atomic E-state index is 0.171. The highest BCUT2D eigenvalue weighted by Gasteiger charge is 2.20. The van der Waals surface area contributed by atoms with E-state index < -0.39 is 5.91 Å². The topological polar surface area (TPSA) is 52.0 Å². The van der Waals surface area contributed by atoms with Gasteiger partial charge in [-0.3, -0.25) is 14.2 Å². The summed E-state index contributed by atoms with van der Waals surface area (Å²) < 4.78 is 1.99. The lowest BCUT2D eigenvalue weighted by Crippen LogP contribution is -2.12. The minimum Gasteiger partial charge on any atom is -0.298 e. The third kappa shape index (κ3) is 2.45. The summed E-state index contributed by atoms with van der Waals surface area (Å²) in [5.74, 6) is -0.441. The van der Waals surface area contributed by atoms with E-state index in [0.29, 0.717) is 27.4 Å². The third-order valence-corrected chi connectivity index (χ3v) is 4.23. The van der Waals surface area contributed by atoms with Crippen molar-refractivity contribution in [3.63, 3.8) is 0 Å². The SMILES string of the molecule is O=Cc1cn(C(=O)c2c(Cl)cccc2Cl)c2ncc(Br)cc12. The molecule has 2 aromatic heterocycles. The van der Waals surface area contributed by atoms with Gasteiger partial charge in [-0.1, -0.05) is 29.3 Å². The molecule has 1 aromatic carbocycles. The number of hydrogen-bond donors (Lipinski definition) is 0. The van der Waals surface area contributed by atoms with E-state index >= 15 is 0 Å². The molecule has 0 aliphatic heterocycles. The van der Waals surface area contributed by atoms with Crippen LogP contribution in [0.5, 0.6) is 0 Å². The van der Waals surface area contributed by atoms with Gasteiger partial charge < -0.3 is 0 Å². The van der Waals surface area contributed by atoms with Crippen LogP contribution in [0.4, 0.5) is 0 Å². The maximum Gasteiger partial charge on any atom is 0.266 e. The van der Waals surface area contributed by atoms with Crippen molar-refractivity contribution in [2.45, 2.75) is 0 Å². The Labute approximate surface area is 143 Å². The quantitative estimate of drug-likeness (QED) is 0.593. The first kappa shape index (κ1) is 15.2. The molecule has 0 aliphatic carbocycles. The molecule has 0 unspecified atom stereocenters.